The summed E-state index contributed by atoms with van der Waals surface area (Å²) in [5, 5.41) is 19.9. The van der Waals surface area contributed by atoms with Crippen molar-refractivity contribution in [3.8, 4) is 11.8 Å². The number of rotatable bonds is 6. The fraction of sp³-hybridized carbons (Fsp3) is 0.250. The largest absolute Gasteiger partial charge is 0.429 e. The second kappa shape index (κ2) is 7.29. The van der Waals surface area contributed by atoms with Crippen molar-refractivity contribution < 1.29 is 26.9 Å². The van der Waals surface area contributed by atoms with Crippen LogP contribution in [0.3, 0.4) is 0 Å². The van der Waals surface area contributed by atoms with Gasteiger partial charge in [0.05, 0.1) is 15.9 Å². The number of nitrogens with zero attached hydrogens (tertiary/aromatic N) is 2. The fourth-order valence-corrected chi connectivity index (χ4v) is 2.83. The Morgan fingerprint density at radius 3 is 2.50 bits per heavy atom. The van der Waals surface area contributed by atoms with Crippen LogP contribution < -0.4 is 4.74 Å². The summed E-state index contributed by atoms with van der Waals surface area (Å²) in [4.78, 5) is 7.09. The molecular weight excluding hydrogens is 393 g/mol. The zero-order chi connectivity index (χ0) is 18.7. The standard InChI is InChI=1S/C12H8Cl2F2N2O5S/c1-7-5-9(23-12(15,16)11(13)14)8(18(19)20)6-10(7)24(21,22)4-2-3-17/h2,4-6,11H,1H3/b4-2+. The van der Waals surface area contributed by atoms with Crippen molar-refractivity contribution in [2.45, 2.75) is 22.8 Å². The van der Waals surface area contributed by atoms with Gasteiger partial charge in [0, 0.05) is 17.6 Å². The third-order valence-corrected chi connectivity index (χ3v) is 4.64. The molecule has 1 aromatic rings. The Kier molecular flexibility index (Phi) is 6.10. The van der Waals surface area contributed by atoms with Crippen LogP contribution in [0, 0.1) is 28.4 Å². The molecule has 0 radical (unpaired) electrons. The number of benzene rings is 1. The van der Waals surface area contributed by atoms with Gasteiger partial charge in [0.1, 0.15) is 0 Å². The minimum absolute atomic E-state index is 0.116. The molecule has 0 aliphatic rings. The maximum absolute atomic E-state index is 13.4. The van der Waals surface area contributed by atoms with Crippen LogP contribution in [0.25, 0.3) is 0 Å². The first-order valence-corrected chi connectivity index (χ1v) is 8.29. The predicted octanol–water partition coefficient (Wildman–Crippen LogP) is 3.49. The Morgan fingerprint density at radius 2 is 2.04 bits per heavy atom. The summed E-state index contributed by atoms with van der Waals surface area (Å²) in [5.41, 5.74) is -1.15. The molecule has 0 unspecified atom stereocenters. The molecule has 24 heavy (non-hydrogen) atoms. The van der Waals surface area contributed by atoms with E-state index in [1.807, 2.05) is 0 Å². The summed E-state index contributed by atoms with van der Waals surface area (Å²) < 4.78 is 55.0. The number of nitro groups is 1. The second-order valence-corrected chi connectivity index (χ2v) is 7.18. The Balaban J connectivity index is 3.53. The fourth-order valence-electron chi connectivity index (χ4n) is 1.57. The van der Waals surface area contributed by atoms with Gasteiger partial charge < -0.3 is 4.74 Å². The van der Waals surface area contributed by atoms with Crippen molar-refractivity contribution in [2.24, 2.45) is 0 Å². The van der Waals surface area contributed by atoms with Gasteiger partial charge in [-0.15, -0.1) is 0 Å². The molecule has 0 amide bonds. The van der Waals surface area contributed by atoms with E-state index in [1.54, 1.807) is 0 Å². The summed E-state index contributed by atoms with van der Waals surface area (Å²) in [6, 6.07) is 2.75. The van der Waals surface area contributed by atoms with Crippen LogP contribution in [0.4, 0.5) is 14.5 Å². The molecule has 0 aliphatic carbocycles. The van der Waals surface area contributed by atoms with Crippen LogP contribution in [-0.2, 0) is 9.84 Å². The van der Waals surface area contributed by atoms with Crippen LogP contribution in [0.15, 0.2) is 28.5 Å². The number of halogens is 4. The third kappa shape index (κ3) is 4.53. The molecule has 0 heterocycles. The quantitative estimate of drug-likeness (QED) is 0.312. The van der Waals surface area contributed by atoms with E-state index in [0.29, 0.717) is 17.6 Å². The maximum Gasteiger partial charge on any atom is 0.429 e. The van der Waals surface area contributed by atoms with Crippen LogP contribution in [0.2, 0.25) is 0 Å². The van der Waals surface area contributed by atoms with Crippen molar-refractivity contribution in [3.63, 3.8) is 0 Å². The molecule has 130 valence electrons. The van der Waals surface area contributed by atoms with Gasteiger partial charge in [0.2, 0.25) is 20.4 Å². The Labute approximate surface area is 145 Å². The van der Waals surface area contributed by atoms with Gasteiger partial charge in [0.15, 0.2) is 0 Å². The van der Waals surface area contributed by atoms with Crippen molar-refractivity contribution in [3.05, 3.63) is 39.3 Å². The molecule has 7 nitrogen and oxygen atoms in total. The number of hydrogen-bond acceptors (Lipinski definition) is 6. The highest BCUT2D eigenvalue weighted by Crippen LogP contribution is 2.38. The summed E-state index contributed by atoms with van der Waals surface area (Å²) in [6.45, 7) is 1.21. The second-order valence-electron chi connectivity index (χ2n) is 4.28. The molecule has 0 N–H and O–H groups in total. The lowest BCUT2D eigenvalue weighted by Gasteiger charge is -2.19. The molecule has 0 aliphatic heterocycles. The van der Waals surface area contributed by atoms with E-state index in [-0.39, 0.29) is 5.56 Å². The molecule has 12 heteroatoms. The lowest BCUT2D eigenvalue weighted by atomic mass is 10.2. The van der Waals surface area contributed by atoms with Gasteiger partial charge in [-0.3, -0.25) is 10.1 Å². The molecule has 1 aromatic carbocycles. The molecule has 0 atom stereocenters. The van der Waals surface area contributed by atoms with Crippen molar-refractivity contribution >= 4 is 38.7 Å². The van der Waals surface area contributed by atoms with Gasteiger partial charge in [-0.25, -0.2) is 8.42 Å². The van der Waals surface area contributed by atoms with E-state index in [2.05, 4.69) is 4.74 Å². The van der Waals surface area contributed by atoms with E-state index in [4.69, 9.17) is 28.5 Å². The summed E-state index contributed by atoms with van der Waals surface area (Å²) in [5.74, 6) is -0.906. The normalized spacial score (nSPS) is 12.4. The van der Waals surface area contributed by atoms with Gasteiger partial charge >= 0.3 is 11.8 Å². The van der Waals surface area contributed by atoms with Crippen LogP contribution in [-0.4, -0.2) is 24.3 Å². The summed E-state index contributed by atoms with van der Waals surface area (Å²) in [6.07, 6.45) is -3.48. The highest BCUT2D eigenvalue weighted by Gasteiger charge is 2.42. The summed E-state index contributed by atoms with van der Waals surface area (Å²) >= 11 is 10.1. The van der Waals surface area contributed by atoms with Crippen LogP contribution in [0.1, 0.15) is 5.56 Å². The number of aryl methyl sites for hydroxylation is 1. The van der Waals surface area contributed by atoms with Crippen molar-refractivity contribution in [1.29, 1.82) is 5.26 Å². The number of alkyl halides is 4. The Morgan fingerprint density at radius 1 is 1.46 bits per heavy atom. The lowest BCUT2D eigenvalue weighted by Crippen LogP contribution is -2.32. The number of ether oxygens (including phenoxy) is 1. The number of nitro benzene ring substituents is 1. The van der Waals surface area contributed by atoms with Gasteiger partial charge in [-0.05, 0) is 18.6 Å². The minimum Gasteiger partial charge on any atom is -0.423 e. The average Bonchev–Trinajstić information content (AvgIpc) is 2.44. The van der Waals surface area contributed by atoms with Crippen molar-refractivity contribution in [2.75, 3.05) is 0 Å². The monoisotopic (exact) mass is 400 g/mol. The predicted molar refractivity (Wildman–Crippen MR) is 80.8 cm³/mol. The molecule has 0 saturated carbocycles. The Hall–Kier alpha value is -1.96. The van der Waals surface area contributed by atoms with Crippen molar-refractivity contribution in [1.82, 2.24) is 0 Å². The van der Waals surface area contributed by atoms with Crippen LogP contribution in [0.5, 0.6) is 5.75 Å². The average molecular weight is 401 g/mol. The topological polar surface area (TPSA) is 110 Å². The van der Waals surface area contributed by atoms with Gasteiger partial charge in [-0.1, -0.05) is 23.2 Å². The highest BCUT2D eigenvalue weighted by molar-refractivity contribution is 7.94. The van der Waals surface area contributed by atoms with E-state index in [0.717, 1.165) is 6.07 Å². The lowest BCUT2D eigenvalue weighted by molar-refractivity contribution is -0.387. The number of allylic oxidation sites excluding steroid dienone is 1. The molecule has 1 rings (SSSR count). The maximum atomic E-state index is 13.4. The van der Waals surface area contributed by atoms with Crippen LogP contribution >= 0.6 is 23.2 Å². The van der Waals surface area contributed by atoms with E-state index >= 15 is 0 Å². The Bertz CT molecular complexity index is 835. The van der Waals surface area contributed by atoms with E-state index < -0.39 is 42.0 Å². The molecule has 0 aromatic heterocycles. The first-order chi connectivity index (χ1) is 10.9. The summed E-state index contributed by atoms with van der Waals surface area (Å²) in [7, 11) is -4.19. The number of sulfone groups is 1. The smallest absolute Gasteiger partial charge is 0.423 e. The third-order valence-electron chi connectivity index (χ3n) is 2.58. The minimum atomic E-state index is -4.19. The molecule has 0 bridgehead atoms. The number of nitriles is 1. The van der Waals surface area contributed by atoms with Gasteiger partial charge in [0.25, 0.3) is 0 Å². The zero-order valence-corrected chi connectivity index (χ0v) is 14.1. The number of hydrogen-bond donors (Lipinski definition) is 0. The molecule has 0 saturated heterocycles. The van der Waals surface area contributed by atoms with E-state index in [1.165, 1.54) is 13.0 Å². The zero-order valence-electron chi connectivity index (χ0n) is 11.7. The first kappa shape index (κ1) is 20.1. The molecule has 0 fully saturated rings. The molecule has 0 spiro atoms. The molecular formula is C12H8Cl2F2N2O5S. The highest BCUT2D eigenvalue weighted by atomic mass is 35.5. The SMILES string of the molecule is Cc1cc(OC(F)(F)C(Cl)Cl)c([N+](=O)[O-])cc1S(=O)(=O)/C=C/C#N. The van der Waals surface area contributed by atoms with Gasteiger partial charge in [-0.2, -0.15) is 14.0 Å². The first-order valence-electron chi connectivity index (χ1n) is 5.87. The van der Waals surface area contributed by atoms with E-state index in [9.17, 15) is 27.3 Å².